The maximum absolute atomic E-state index is 9.46. The molecule has 16 heavy (non-hydrogen) atoms. The lowest BCUT2D eigenvalue weighted by atomic mass is 10.1. The SMILES string of the molecule is C/C=C(/O)N(C)/N=C(\C)c1cccnc1C. The van der Waals surface area contributed by atoms with Gasteiger partial charge >= 0.3 is 0 Å². The van der Waals surface area contributed by atoms with E-state index in [1.165, 1.54) is 5.01 Å². The first-order valence-electron chi connectivity index (χ1n) is 5.12. The molecule has 1 N–H and O–H groups in total. The molecular formula is C12H17N3O. The molecule has 0 saturated carbocycles. The molecule has 0 aliphatic rings. The molecule has 0 atom stereocenters. The molecule has 0 radical (unpaired) electrons. The van der Waals surface area contributed by atoms with Gasteiger partial charge in [-0.15, -0.1) is 0 Å². The largest absolute Gasteiger partial charge is 0.494 e. The minimum absolute atomic E-state index is 0.126. The second-order valence-electron chi connectivity index (χ2n) is 3.49. The van der Waals surface area contributed by atoms with Crippen LogP contribution in [0.3, 0.4) is 0 Å². The van der Waals surface area contributed by atoms with Gasteiger partial charge in [0, 0.05) is 24.5 Å². The van der Waals surface area contributed by atoms with E-state index in [4.69, 9.17) is 0 Å². The maximum atomic E-state index is 9.46. The van der Waals surface area contributed by atoms with E-state index in [2.05, 4.69) is 10.1 Å². The van der Waals surface area contributed by atoms with E-state index >= 15 is 0 Å². The number of hydrogen-bond acceptors (Lipinski definition) is 4. The van der Waals surface area contributed by atoms with Crippen LogP contribution in [-0.2, 0) is 0 Å². The average Bonchev–Trinajstić information content (AvgIpc) is 2.28. The Bertz CT molecular complexity index is 424. The first-order valence-corrected chi connectivity index (χ1v) is 5.12. The van der Waals surface area contributed by atoms with Crippen molar-refractivity contribution < 1.29 is 5.11 Å². The summed E-state index contributed by atoms with van der Waals surface area (Å²) in [5.74, 6) is 0.126. The van der Waals surface area contributed by atoms with E-state index in [0.717, 1.165) is 17.0 Å². The van der Waals surface area contributed by atoms with Crippen LogP contribution >= 0.6 is 0 Å². The fourth-order valence-corrected chi connectivity index (χ4v) is 1.38. The summed E-state index contributed by atoms with van der Waals surface area (Å²) >= 11 is 0. The average molecular weight is 219 g/mol. The van der Waals surface area contributed by atoms with E-state index in [1.807, 2.05) is 26.0 Å². The predicted molar refractivity (Wildman–Crippen MR) is 65.3 cm³/mol. The molecule has 1 heterocycles. The molecule has 0 aliphatic carbocycles. The first-order chi connectivity index (χ1) is 7.56. The van der Waals surface area contributed by atoms with Gasteiger partial charge in [0.1, 0.15) is 0 Å². The Balaban J connectivity index is 2.98. The van der Waals surface area contributed by atoms with Crippen molar-refractivity contribution >= 4 is 5.71 Å². The smallest absolute Gasteiger partial charge is 0.202 e. The van der Waals surface area contributed by atoms with Crippen LogP contribution in [0.25, 0.3) is 0 Å². The molecule has 0 saturated heterocycles. The zero-order chi connectivity index (χ0) is 12.1. The van der Waals surface area contributed by atoms with Crippen LogP contribution in [0.1, 0.15) is 25.1 Å². The number of pyridine rings is 1. The standard InChI is InChI=1S/C12H17N3O/c1-5-12(16)15(4)14-10(3)11-7-6-8-13-9(11)2/h5-8,16H,1-4H3/b12-5+,14-10+. The Morgan fingerprint density at radius 2 is 2.25 bits per heavy atom. The van der Waals surface area contributed by atoms with Gasteiger partial charge in [0.25, 0.3) is 0 Å². The van der Waals surface area contributed by atoms with Gasteiger partial charge in [-0.1, -0.05) is 0 Å². The van der Waals surface area contributed by atoms with Gasteiger partial charge in [-0.25, -0.2) is 5.01 Å². The highest BCUT2D eigenvalue weighted by Gasteiger charge is 2.04. The van der Waals surface area contributed by atoms with Gasteiger partial charge in [-0.3, -0.25) is 4.98 Å². The summed E-state index contributed by atoms with van der Waals surface area (Å²) < 4.78 is 0. The van der Waals surface area contributed by atoms with Gasteiger partial charge in [-0.2, -0.15) is 5.10 Å². The van der Waals surface area contributed by atoms with E-state index in [9.17, 15) is 5.11 Å². The molecule has 0 amide bonds. The number of aliphatic hydroxyl groups is 1. The van der Waals surface area contributed by atoms with Crippen LogP contribution in [-0.4, -0.2) is 27.9 Å². The molecule has 86 valence electrons. The molecule has 1 aromatic rings. The van der Waals surface area contributed by atoms with Crippen molar-refractivity contribution in [3.8, 4) is 0 Å². The molecule has 1 aromatic heterocycles. The van der Waals surface area contributed by atoms with E-state index in [1.54, 1.807) is 26.2 Å². The number of aryl methyl sites for hydroxylation is 1. The molecule has 4 heteroatoms. The van der Waals surface area contributed by atoms with Gasteiger partial charge in [0.15, 0.2) is 0 Å². The maximum Gasteiger partial charge on any atom is 0.202 e. The Morgan fingerprint density at radius 3 is 2.81 bits per heavy atom. The van der Waals surface area contributed by atoms with Crippen LogP contribution in [0.5, 0.6) is 0 Å². The van der Waals surface area contributed by atoms with Crippen molar-refractivity contribution in [2.75, 3.05) is 7.05 Å². The van der Waals surface area contributed by atoms with Crippen molar-refractivity contribution in [3.05, 3.63) is 41.5 Å². The number of rotatable bonds is 3. The predicted octanol–water partition coefficient (Wildman–Crippen LogP) is 2.47. The van der Waals surface area contributed by atoms with Crippen molar-refractivity contribution in [1.29, 1.82) is 0 Å². The van der Waals surface area contributed by atoms with Crippen LogP contribution in [0.4, 0.5) is 0 Å². The highest BCUT2D eigenvalue weighted by molar-refractivity contribution is 5.99. The number of aliphatic hydroxyl groups excluding tert-OH is 1. The van der Waals surface area contributed by atoms with Gasteiger partial charge < -0.3 is 5.11 Å². The number of allylic oxidation sites excluding steroid dienone is 1. The van der Waals surface area contributed by atoms with Crippen molar-refractivity contribution in [1.82, 2.24) is 9.99 Å². The second-order valence-corrected chi connectivity index (χ2v) is 3.49. The number of hydrogen-bond donors (Lipinski definition) is 1. The Morgan fingerprint density at radius 1 is 1.56 bits per heavy atom. The highest BCUT2D eigenvalue weighted by Crippen LogP contribution is 2.07. The highest BCUT2D eigenvalue weighted by atomic mass is 16.3. The minimum atomic E-state index is 0.126. The van der Waals surface area contributed by atoms with Gasteiger partial charge in [0.2, 0.25) is 5.88 Å². The lowest BCUT2D eigenvalue weighted by Crippen LogP contribution is -2.13. The summed E-state index contributed by atoms with van der Waals surface area (Å²) in [5.41, 5.74) is 2.73. The molecule has 0 spiro atoms. The zero-order valence-electron chi connectivity index (χ0n) is 10.1. The third-order valence-electron chi connectivity index (χ3n) is 2.29. The summed E-state index contributed by atoms with van der Waals surface area (Å²) in [4.78, 5) is 4.20. The number of aromatic nitrogens is 1. The van der Waals surface area contributed by atoms with Crippen LogP contribution in [0, 0.1) is 6.92 Å². The van der Waals surface area contributed by atoms with E-state index in [0.29, 0.717) is 0 Å². The molecule has 0 fully saturated rings. The monoisotopic (exact) mass is 219 g/mol. The molecule has 0 aliphatic heterocycles. The Kier molecular flexibility index (Phi) is 4.05. The lowest BCUT2D eigenvalue weighted by Gasteiger charge is -2.13. The second kappa shape index (κ2) is 5.30. The third kappa shape index (κ3) is 2.82. The van der Waals surface area contributed by atoms with Crippen molar-refractivity contribution in [2.24, 2.45) is 5.10 Å². The number of nitrogens with zero attached hydrogens (tertiary/aromatic N) is 3. The summed E-state index contributed by atoms with van der Waals surface area (Å²) in [6.07, 6.45) is 3.34. The van der Waals surface area contributed by atoms with Crippen LogP contribution in [0.15, 0.2) is 35.4 Å². The summed E-state index contributed by atoms with van der Waals surface area (Å²) in [7, 11) is 1.70. The molecule has 0 bridgehead atoms. The van der Waals surface area contributed by atoms with Crippen LogP contribution < -0.4 is 0 Å². The van der Waals surface area contributed by atoms with Gasteiger partial charge in [0.05, 0.1) is 5.71 Å². The molecule has 4 nitrogen and oxygen atoms in total. The first kappa shape index (κ1) is 12.2. The molecule has 0 unspecified atom stereocenters. The molecule has 0 aromatic carbocycles. The normalized spacial score (nSPS) is 12.8. The Labute approximate surface area is 95.9 Å². The zero-order valence-corrected chi connectivity index (χ0v) is 10.1. The van der Waals surface area contributed by atoms with Crippen LogP contribution in [0.2, 0.25) is 0 Å². The van der Waals surface area contributed by atoms with Crippen molar-refractivity contribution in [2.45, 2.75) is 20.8 Å². The fraction of sp³-hybridized carbons (Fsp3) is 0.333. The molecular weight excluding hydrogens is 202 g/mol. The quantitative estimate of drug-likeness (QED) is 0.482. The van der Waals surface area contributed by atoms with E-state index in [-0.39, 0.29) is 5.88 Å². The number of hydrazone groups is 1. The van der Waals surface area contributed by atoms with Crippen molar-refractivity contribution in [3.63, 3.8) is 0 Å². The topological polar surface area (TPSA) is 48.7 Å². The minimum Gasteiger partial charge on any atom is -0.494 e. The van der Waals surface area contributed by atoms with E-state index < -0.39 is 0 Å². The summed E-state index contributed by atoms with van der Waals surface area (Å²) in [6.45, 7) is 5.58. The fourth-order valence-electron chi connectivity index (χ4n) is 1.38. The Hall–Kier alpha value is -1.84. The van der Waals surface area contributed by atoms with Gasteiger partial charge in [-0.05, 0) is 39.0 Å². The molecule has 1 rings (SSSR count). The summed E-state index contributed by atoms with van der Waals surface area (Å²) in [5, 5.41) is 15.2. The third-order valence-corrected chi connectivity index (χ3v) is 2.29. The summed E-state index contributed by atoms with van der Waals surface area (Å²) in [6, 6.07) is 3.83. The lowest BCUT2D eigenvalue weighted by molar-refractivity contribution is 0.239.